The van der Waals surface area contributed by atoms with Gasteiger partial charge in [-0.3, -0.25) is 9.59 Å². The molecule has 1 aromatic rings. The van der Waals surface area contributed by atoms with Gasteiger partial charge in [-0.15, -0.1) is 0 Å². The van der Waals surface area contributed by atoms with E-state index in [4.69, 9.17) is 0 Å². The summed E-state index contributed by atoms with van der Waals surface area (Å²) in [4.78, 5) is 25.8. The van der Waals surface area contributed by atoms with Gasteiger partial charge in [-0.25, -0.2) is 0 Å². The molecule has 2 amide bonds. The lowest BCUT2D eigenvalue weighted by atomic mass is 10.2. The summed E-state index contributed by atoms with van der Waals surface area (Å²) >= 11 is 0. The lowest BCUT2D eigenvalue weighted by Crippen LogP contribution is -2.39. The molecule has 0 unspecified atom stereocenters. The van der Waals surface area contributed by atoms with Crippen molar-refractivity contribution in [1.29, 1.82) is 0 Å². The van der Waals surface area contributed by atoms with Gasteiger partial charge in [-0.05, 0) is 32.0 Å². The van der Waals surface area contributed by atoms with Gasteiger partial charge < -0.3 is 15.5 Å². The van der Waals surface area contributed by atoms with Crippen LogP contribution in [0.4, 0.5) is 5.69 Å². The first kappa shape index (κ1) is 17.2. The fourth-order valence-electron chi connectivity index (χ4n) is 2.03. The highest BCUT2D eigenvalue weighted by Gasteiger charge is 2.16. The predicted octanol–water partition coefficient (Wildman–Crippen LogP) is 1.78. The Morgan fingerprint density at radius 3 is 2.57 bits per heavy atom. The number of hydrogen-bond acceptors (Lipinski definition) is 3. The van der Waals surface area contributed by atoms with Crippen molar-refractivity contribution >= 4 is 17.5 Å². The van der Waals surface area contributed by atoms with Gasteiger partial charge in [0, 0.05) is 25.2 Å². The maximum absolute atomic E-state index is 12.1. The predicted molar refractivity (Wildman–Crippen MR) is 85.2 cm³/mol. The van der Waals surface area contributed by atoms with E-state index in [0.29, 0.717) is 19.5 Å². The molecule has 21 heavy (non-hydrogen) atoms. The molecule has 0 saturated carbocycles. The van der Waals surface area contributed by atoms with Crippen molar-refractivity contribution in [2.24, 2.45) is 0 Å². The van der Waals surface area contributed by atoms with Crippen LogP contribution in [-0.4, -0.2) is 43.4 Å². The molecule has 0 heterocycles. The normalized spacial score (nSPS) is 10.2. The average molecular weight is 291 g/mol. The van der Waals surface area contributed by atoms with Crippen LogP contribution in [0.1, 0.15) is 25.3 Å². The number of carbonyl (C=O) groups excluding carboxylic acids is 2. The lowest BCUT2D eigenvalue weighted by molar-refractivity contribution is -0.134. The van der Waals surface area contributed by atoms with Crippen molar-refractivity contribution in [3.05, 3.63) is 29.8 Å². The van der Waals surface area contributed by atoms with E-state index in [2.05, 4.69) is 10.6 Å². The molecule has 0 bridgehead atoms. The number of nitrogens with one attached hydrogen (secondary N) is 2. The number of para-hydroxylation sites is 1. The number of nitrogens with zero attached hydrogens (tertiary/aromatic N) is 1. The largest absolute Gasteiger partial charge is 0.333 e. The SMILES string of the molecule is CCCN(CC(=O)Nc1ccccc1C)C(=O)CCNC. The van der Waals surface area contributed by atoms with Crippen molar-refractivity contribution < 1.29 is 9.59 Å². The summed E-state index contributed by atoms with van der Waals surface area (Å²) in [6.07, 6.45) is 1.25. The molecule has 0 atom stereocenters. The van der Waals surface area contributed by atoms with E-state index in [1.54, 1.807) is 4.90 Å². The van der Waals surface area contributed by atoms with Gasteiger partial charge in [0.1, 0.15) is 0 Å². The van der Waals surface area contributed by atoms with Crippen LogP contribution in [0.5, 0.6) is 0 Å². The zero-order valence-electron chi connectivity index (χ0n) is 13.1. The maximum Gasteiger partial charge on any atom is 0.244 e. The van der Waals surface area contributed by atoms with Crippen LogP contribution < -0.4 is 10.6 Å². The summed E-state index contributed by atoms with van der Waals surface area (Å²) in [5.74, 6) is -0.151. The van der Waals surface area contributed by atoms with E-state index in [1.165, 1.54) is 0 Å². The quantitative estimate of drug-likeness (QED) is 0.767. The minimum Gasteiger partial charge on any atom is -0.333 e. The number of carbonyl (C=O) groups is 2. The highest BCUT2D eigenvalue weighted by atomic mass is 16.2. The molecular weight excluding hydrogens is 266 g/mol. The van der Waals surface area contributed by atoms with Gasteiger partial charge >= 0.3 is 0 Å². The second-order valence-corrected chi connectivity index (χ2v) is 5.03. The van der Waals surface area contributed by atoms with E-state index >= 15 is 0 Å². The fourth-order valence-corrected chi connectivity index (χ4v) is 2.03. The van der Waals surface area contributed by atoms with Gasteiger partial charge in [0.25, 0.3) is 0 Å². The first-order valence-corrected chi connectivity index (χ1v) is 7.36. The van der Waals surface area contributed by atoms with Gasteiger partial charge in [-0.1, -0.05) is 25.1 Å². The first-order valence-electron chi connectivity index (χ1n) is 7.36. The second kappa shape index (κ2) is 9.13. The van der Waals surface area contributed by atoms with Crippen LogP contribution in [0.15, 0.2) is 24.3 Å². The Morgan fingerprint density at radius 1 is 1.24 bits per heavy atom. The number of amides is 2. The third-order valence-corrected chi connectivity index (χ3v) is 3.19. The Labute approximate surface area is 126 Å². The Hall–Kier alpha value is -1.88. The van der Waals surface area contributed by atoms with Crippen LogP contribution in [0.3, 0.4) is 0 Å². The molecule has 5 heteroatoms. The van der Waals surface area contributed by atoms with Crippen LogP contribution >= 0.6 is 0 Å². The summed E-state index contributed by atoms with van der Waals surface area (Å²) in [6.45, 7) is 5.27. The van der Waals surface area contributed by atoms with Crippen molar-refractivity contribution in [2.75, 3.05) is 32.0 Å². The average Bonchev–Trinajstić information content (AvgIpc) is 2.46. The van der Waals surface area contributed by atoms with E-state index in [9.17, 15) is 9.59 Å². The number of aryl methyl sites for hydroxylation is 1. The second-order valence-electron chi connectivity index (χ2n) is 5.03. The van der Waals surface area contributed by atoms with Crippen LogP contribution in [0.25, 0.3) is 0 Å². The van der Waals surface area contributed by atoms with Crippen molar-refractivity contribution in [3.63, 3.8) is 0 Å². The number of benzene rings is 1. The third-order valence-electron chi connectivity index (χ3n) is 3.19. The summed E-state index contributed by atoms with van der Waals surface area (Å²) < 4.78 is 0. The monoisotopic (exact) mass is 291 g/mol. The number of anilines is 1. The Bertz CT molecular complexity index is 474. The molecular formula is C16H25N3O2. The topological polar surface area (TPSA) is 61.4 Å². The first-order chi connectivity index (χ1) is 10.1. The van der Waals surface area contributed by atoms with E-state index in [0.717, 1.165) is 17.7 Å². The van der Waals surface area contributed by atoms with E-state index in [1.807, 2.05) is 45.2 Å². The van der Waals surface area contributed by atoms with Gasteiger partial charge in [0.15, 0.2) is 0 Å². The fraction of sp³-hybridized carbons (Fsp3) is 0.500. The third kappa shape index (κ3) is 5.95. The summed E-state index contributed by atoms with van der Waals surface area (Å²) in [6, 6.07) is 7.61. The highest BCUT2D eigenvalue weighted by molar-refractivity contribution is 5.95. The molecule has 5 nitrogen and oxygen atoms in total. The number of hydrogen-bond donors (Lipinski definition) is 2. The Balaban J connectivity index is 2.60. The molecule has 0 aliphatic carbocycles. The van der Waals surface area contributed by atoms with Crippen molar-refractivity contribution in [2.45, 2.75) is 26.7 Å². The maximum atomic E-state index is 12.1. The Kier molecular flexibility index (Phi) is 7.46. The molecule has 0 spiro atoms. The molecule has 0 aliphatic heterocycles. The molecule has 2 N–H and O–H groups in total. The van der Waals surface area contributed by atoms with Gasteiger partial charge in [-0.2, -0.15) is 0 Å². The molecule has 1 aromatic carbocycles. The van der Waals surface area contributed by atoms with Gasteiger partial charge in [0.2, 0.25) is 11.8 Å². The molecule has 0 saturated heterocycles. The summed E-state index contributed by atoms with van der Waals surface area (Å²) in [5, 5.41) is 5.81. The van der Waals surface area contributed by atoms with E-state index < -0.39 is 0 Å². The molecule has 1 rings (SSSR count). The van der Waals surface area contributed by atoms with Crippen molar-refractivity contribution in [1.82, 2.24) is 10.2 Å². The van der Waals surface area contributed by atoms with Crippen LogP contribution in [-0.2, 0) is 9.59 Å². The lowest BCUT2D eigenvalue weighted by Gasteiger charge is -2.22. The summed E-state index contributed by atoms with van der Waals surface area (Å²) in [7, 11) is 1.81. The molecule has 116 valence electrons. The molecule has 0 aliphatic rings. The minimum atomic E-state index is -0.157. The zero-order valence-corrected chi connectivity index (χ0v) is 13.1. The number of rotatable bonds is 8. The molecule has 0 aromatic heterocycles. The molecule has 0 fully saturated rings. The Morgan fingerprint density at radius 2 is 1.95 bits per heavy atom. The standard InChI is InChI=1S/C16H25N3O2/c1-4-11-19(16(21)9-10-17-3)12-15(20)18-14-8-6-5-7-13(14)2/h5-8,17H,4,9-12H2,1-3H3,(H,18,20). The highest BCUT2D eigenvalue weighted by Crippen LogP contribution is 2.13. The minimum absolute atomic E-state index is 0.00568. The molecule has 0 radical (unpaired) electrons. The summed E-state index contributed by atoms with van der Waals surface area (Å²) in [5.41, 5.74) is 1.80. The van der Waals surface area contributed by atoms with Crippen LogP contribution in [0, 0.1) is 6.92 Å². The van der Waals surface area contributed by atoms with Gasteiger partial charge in [0.05, 0.1) is 6.54 Å². The van der Waals surface area contributed by atoms with E-state index in [-0.39, 0.29) is 18.4 Å². The zero-order chi connectivity index (χ0) is 15.7. The smallest absolute Gasteiger partial charge is 0.244 e. The van der Waals surface area contributed by atoms with Crippen LogP contribution in [0.2, 0.25) is 0 Å². The van der Waals surface area contributed by atoms with Crippen molar-refractivity contribution in [3.8, 4) is 0 Å².